The van der Waals surface area contributed by atoms with Gasteiger partial charge in [0.25, 0.3) is 5.91 Å². The zero-order chi connectivity index (χ0) is 20.3. The van der Waals surface area contributed by atoms with Crippen molar-refractivity contribution in [3.05, 3.63) is 59.7 Å². The van der Waals surface area contributed by atoms with E-state index in [9.17, 15) is 9.59 Å². The predicted octanol–water partition coefficient (Wildman–Crippen LogP) is 3.14. The van der Waals surface area contributed by atoms with Crippen LogP contribution in [0.3, 0.4) is 0 Å². The van der Waals surface area contributed by atoms with Crippen molar-refractivity contribution >= 4 is 11.9 Å². The number of imide groups is 1. The Morgan fingerprint density at radius 3 is 2.25 bits per heavy atom. The highest BCUT2D eigenvalue weighted by atomic mass is 16.5. The van der Waals surface area contributed by atoms with Gasteiger partial charge in [0, 0.05) is 20.0 Å². The second-order valence-corrected chi connectivity index (χ2v) is 7.17. The third-order valence-electron chi connectivity index (χ3n) is 5.43. The van der Waals surface area contributed by atoms with Crippen molar-refractivity contribution in [3.63, 3.8) is 0 Å². The number of amides is 3. The van der Waals surface area contributed by atoms with E-state index in [2.05, 4.69) is 0 Å². The molecule has 0 aliphatic carbocycles. The van der Waals surface area contributed by atoms with Gasteiger partial charge in [-0.25, -0.2) is 4.79 Å². The number of benzene rings is 2. The van der Waals surface area contributed by atoms with Crippen LogP contribution < -0.4 is 9.47 Å². The number of carbonyl (C=O) groups is 2. The number of likely N-dealkylation sites (N-methyl/N-ethyl adjacent to an activating group) is 1. The Hall–Kier alpha value is -3.02. The first-order valence-electron chi connectivity index (χ1n) is 9.25. The van der Waals surface area contributed by atoms with Gasteiger partial charge in [-0.15, -0.1) is 0 Å². The van der Waals surface area contributed by atoms with E-state index in [1.54, 1.807) is 26.2 Å². The third-order valence-corrected chi connectivity index (χ3v) is 5.43. The van der Waals surface area contributed by atoms with Crippen LogP contribution in [-0.4, -0.2) is 55.1 Å². The van der Waals surface area contributed by atoms with Crippen molar-refractivity contribution in [2.75, 3.05) is 27.8 Å². The smallest absolute Gasteiger partial charge is 0.327 e. The van der Waals surface area contributed by atoms with Crippen LogP contribution in [0.2, 0.25) is 0 Å². The van der Waals surface area contributed by atoms with Crippen LogP contribution >= 0.6 is 0 Å². The maximum Gasteiger partial charge on any atom is 0.327 e. The topological polar surface area (TPSA) is 59.1 Å². The molecule has 1 unspecified atom stereocenters. The van der Waals surface area contributed by atoms with Crippen LogP contribution in [0.1, 0.15) is 18.1 Å². The molecule has 1 fully saturated rings. The number of ether oxygens (including phenoxy) is 2. The average molecular weight is 382 g/mol. The van der Waals surface area contributed by atoms with E-state index in [0.717, 1.165) is 11.1 Å². The molecule has 1 saturated heterocycles. The standard InChI is InChI=1S/C22H26N2O4/c1-22(15-17-8-6-5-7-9-17)20(25)24(21(26)23(22)2)13-12-16-10-11-18(27-3)19(14-16)28-4/h5-11,14H,12-13,15H2,1-4H3. The number of hydrogen-bond acceptors (Lipinski definition) is 4. The lowest BCUT2D eigenvalue weighted by molar-refractivity contribution is -0.132. The molecule has 1 heterocycles. The minimum atomic E-state index is -0.879. The second kappa shape index (κ2) is 7.92. The van der Waals surface area contributed by atoms with Crippen molar-refractivity contribution in [1.29, 1.82) is 0 Å². The summed E-state index contributed by atoms with van der Waals surface area (Å²) in [5, 5.41) is 0. The summed E-state index contributed by atoms with van der Waals surface area (Å²) in [6.07, 6.45) is 1.04. The number of hydrogen-bond donors (Lipinski definition) is 0. The summed E-state index contributed by atoms with van der Waals surface area (Å²) in [5.74, 6) is 1.11. The van der Waals surface area contributed by atoms with Gasteiger partial charge >= 0.3 is 6.03 Å². The van der Waals surface area contributed by atoms with Gasteiger partial charge in [0.15, 0.2) is 11.5 Å². The molecule has 2 aromatic rings. The Bertz CT molecular complexity index is 868. The number of methoxy groups -OCH3 is 2. The van der Waals surface area contributed by atoms with E-state index in [4.69, 9.17) is 9.47 Å². The molecule has 2 aromatic carbocycles. The SMILES string of the molecule is COc1ccc(CCN2C(=O)N(C)C(C)(Cc3ccccc3)C2=O)cc1OC. The minimum absolute atomic E-state index is 0.163. The fraction of sp³-hybridized carbons (Fsp3) is 0.364. The predicted molar refractivity (Wildman–Crippen MR) is 107 cm³/mol. The first-order valence-corrected chi connectivity index (χ1v) is 9.25. The van der Waals surface area contributed by atoms with Crippen molar-refractivity contribution in [3.8, 4) is 11.5 Å². The van der Waals surface area contributed by atoms with Crippen molar-refractivity contribution in [1.82, 2.24) is 9.80 Å². The average Bonchev–Trinajstić information content (AvgIpc) is 2.87. The molecule has 1 aliphatic heterocycles. The first kappa shape index (κ1) is 19.7. The maximum atomic E-state index is 13.1. The normalized spacial score (nSPS) is 19.3. The number of urea groups is 1. The van der Waals surface area contributed by atoms with Crippen LogP contribution in [0.15, 0.2) is 48.5 Å². The second-order valence-electron chi connectivity index (χ2n) is 7.17. The Kier molecular flexibility index (Phi) is 5.58. The highest BCUT2D eigenvalue weighted by Crippen LogP contribution is 2.31. The lowest BCUT2D eigenvalue weighted by Crippen LogP contribution is -2.47. The summed E-state index contributed by atoms with van der Waals surface area (Å²) in [5.41, 5.74) is 1.12. The summed E-state index contributed by atoms with van der Waals surface area (Å²) < 4.78 is 10.6. The van der Waals surface area contributed by atoms with Crippen LogP contribution in [0.5, 0.6) is 11.5 Å². The zero-order valence-corrected chi connectivity index (χ0v) is 16.8. The van der Waals surface area contributed by atoms with Crippen LogP contribution in [-0.2, 0) is 17.6 Å². The minimum Gasteiger partial charge on any atom is -0.493 e. The third kappa shape index (κ3) is 3.54. The molecule has 6 nitrogen and oxygen atoms in total. The quantitative estimate of drug-likeness (QED) is 0.691. The molecule has 0 bridgehead atoms. The largest absolute Gasteiger partial charge is 0.493 e. The fourth-order valence-electron chi connectivity index (χ4n) is 3.58. The van der Waals surface area contributed by atoms with Crippen LogP contribution in [0.4, 0.5) is 4.79 Å². The van der Waals surface area contributed by atoms with Gasteiger partial charge in [-0.05, 0) is 36.6 Å². The van der Waals surface area contributed by atoms with Gasteiger partial charge in [0.2, 0.25) is 0 Å². The highest BCUT2D eigenvalue weighted by molar-refractivity contribution is 6.06. The molecule has 1 aliphatic rings. The van der Waals surface area contributed by atoms with E-state index in [1.807, 2.05) is 55.5 Å². The number of carbonyl (C=O) groups excluding carboxylic acids is 2. The van der Waals surface area contributed by atoms with Gasteiger partial charge in [-0.3, -0.25) is 9.69 Å². The fourth-order valence-corrected chi connectivity index (χ4v) is 3.58. The molecule has 3 rings (SSSR count). The van der Waals surface area contributed by atoms with Crippen LogP contribution in [0.25, 0.3) is 0 Å². The summed E-state index contributed by atoms with van der Waals surface area (Å²) in [4.78, 5) is 28.8. The molecule has 3 amide bonds. The molecular weight excluding hydrogens is 356 g/mol. The maximum absolute atomic E-state index is 13.1. The van der Waals surface area contributed by atoms with Gasteiger partial charge in [-0.2, -0.15) is 0 Å². The van der Waals surface area contributed by atoms with Crippen LogP contribution in [0, 0.1) is 0 Å². The molecule has 28 heavy (non-hydrogen) atoms. The summed E-state index contributed by atoms with van der Waals surface area (Å²) >= 11 is 0. The van der Waals surface area contributed by atoms with Crippen molar-refractivity contribution in [2.45, 2.75) is 25.3 Å². The molecule has 6 heteroatoms. The Balaban J connectivity index is 1.74. The number of rotatable bonds is 7. The summed E-state index contributed by atoms with van der Waals surface area (Å²) in [6, 6.07) is 15.1. The van der Waals surface area contributed by atoms with E-state index in [1.165, 1.54) is 4.90 Å². The highest BCUT2D eigenvalue weighted by Gasteiger charge is 2.52. The first-order chi connectivity index (χ1) is 13.4. The zero-order valence-electron chi connectivity index (χ0n) is 16.8. The van der Waals surface area contributed by atoms with E-state index < -0.39 is 5.54 Å². The van der Waals surface area contributed by atoms with Crippen molar-refractivity contribution in [2.24, 2.45) is 0 Å². The molecule has 148 valence electrons. The summed E-state index contributed by atoms with van der Waals surface area (Å²) in [6.45, 7) is 2.15. The molecule has 0 radical (unpaired) electrons. The van der Waals surface area contributed by atoms with Gasteiger partial charge in [0.05, 0.1) is 14.2 Å². The van der Waals surface area contributed by atoms with E-state index in [0.29, 0.717) is 30.9 Å². The molecule has 1 atom stereocenters. The lowest BCUT2D eigenvalue weighted by atomic mass is 9.91. The molecular formula is C22H26N2O4. The number of nitrogens with zero attached hydrogens (tertiary/aromatic N) is 2. The Morgan fingerprint density at radius 1 is 0.929 bits per heavy atom. The van der Waals surface area contributed by atoms with Gasteiger partial charge in [-0.1, -0.05) is 36.4 Å². The lowest BCUT2D eigenvalue weighted by Gasteiger charge is -2.28. The summed E-state index contributed by atoms with van der Waals surface area (Å²) in [7, 11) is 4.86. The van der Waals surface area contributed by atoms with E-state index in [-0.39, 0.29) is 11.9 Å². The van der Waals surface area contributed by atoms with E-state index >= 15 is 0 Å². The molecule has 0 N–H and O–H groups in total. The van der Waals surface area contributed by atoms with Crippen molar-refractivity contribution < 1.29 is 19.1 Å². The van der Waals surface area contributed by atoms with Gasteiger partial charge in [0.1, 0.15) is 5.54 Å². The Morgan fingerprint density at radius 2 is 1.61 bits per heavy atom. The molecule has 0 saturated carbocycles. The monoisotopic (exact) mass is 382 g/mol. The Labute approximate surface area is 165 Å². The molecule has 0 spiro atoms. The van der Waals surface area contributed by atoms with Gasteiger partial charge < -0.3 is 14.4 Å². The molecule has 0 aromatic heterocycles.